The molecule has 5 nitrogen and oxygen atoms in total. The van der Waals surface area contributed by atoms with E-state index >= 15 is 0 Å². The molecule has 1 rings (SSSR count). The van der Waals surface area contributed by atoms with Gasteiger partial charge in [-0.1, -0.05) is 18.5 Å². The van der Waals surface area contributed by atoms with Crippen molar-refractivity contribution in [1.82, 2.24) is 4.72 Å². The molecular weight excluding hydrogens is 288 g/mol. The number of benzene rings is 1. The first-order valence-corrected chi connectivity index (χ1v) is 7.88. The zero-order valence-corrected chi connectivity index (χ0v) is 12.3. The van der Waals surface area contributed by atoms with Crippen LogP contribution in [0.3, 0.4) is 0 Å². The smallest absolute Gasteiger partial charge is 0.242 e. The molecule has 0 aromatic heterocycles. The predicted molar refractivity (Wildman–Crippen MR) is 76.5 cm³/mol. The summed E-state index contributed by atoms with van der Waals surface area (Å²) in [5.74, 6) is 0.167. The number of aliphatic hydroxyl groups is 1. The van der Waals surface area contributed by atoms with E-state index in [0.717, 1.165) is 6.42 Å². The number of sulfonamides is 1. The molecular formula is C12H19ClN2O3S. The molecule has 0 amide bonds. The van der Waals surface area contributed by atoms with Crippen LogP contribution in [0.15, 0.2) is 23.1 Å². The molecule has 0 saturated heterocycles. The minimum absolute atomic E-state index is 0.00984. The highest BCUT2D eigenvalue weighted by molar-refractivity contribution is 7.89. The highest BCUT2D eigenvalue weighted by Gasteiger charge is 2.17. The van der Waals surface area contributed by atoms with Gasteiger partial charge in [-0.25, -0.2) is 13.1 Å². The van der Waals surface area contributed by atoms with Crippen LogP contribution in [-0.4, -0.2) is 26.7 Å². The standard InChI is InChI=1S/C12H19ClN2O3S/c1-9(8-16)3-2-6-15-19(17,18)12-7-10(14)4-5-11(12)13/h4-5,7,9,15-16H,2-3,6,8,14H2,1H3. The van der Waals surface area contributed by atoms with Crippen LogP contribution in [0, 0.1) is 5.92 Å². The number of nitrogen functional groups attached to an aromatic ring is 1. The van der Waals surface area contributed by atoms with Crippen LogP contribution >= 0.6 is 11.6 Å². The Bertz CT molecular complexity index is 520. The van der Waals surface area contributed by atoms with Gasteiger partial charge in [-0.05, 0) is 37.0 Å². The van der Waals surface area contributed by atoms with Crippen molar-refractivity contribution in [3.05, 3.63) is 23.2 Å². The average molecular weight is 307 g/mol. The summed E-state index contributed by atoms with van der Waals surface area (Å²) >= 11 is 5.86. The molecule has 0 radical (unpaired) electrons. The van der Waals surface area contributed by atoms with E-state index in [1.807, 2.05) is 6.92 Å². The summed E-state index contributed by atoms with van der Waals surface area (Å²) in [7, 11) is -3.64. The lowest BCUT2D eigenvalue weighted by Gasteiger charge is -2.10. The van der Waals surface area contributed by atoms with Crippen molar-refractivity contribution < 1.29 is 13.5 Å². The maximum Gasteiger partial charge on any atom is 0.242 e. The molecule has 0 aliphatic carbocycles. The van der Waals surface area contributed by atoms with E-state index in [9.17, 15) is 8.42 Å². The molecule has 7 heteroatoms. The topological polar surface area (TPSA) is 92.4 Å². The van der Waals surface area contributed by atoms with E-state index < -0.39 is 10.0 Å². The second-order valence-electron chi connectivity index (χ2n) is 4.52. The molecule has 4 N–H and O–H groups in total. The number of anilines is 1. The Kier molecular flexibility index (Phi) is 6.06. The van der Waals surface area contributed by atoms with Crippen LogP contribution < -0.4 is 10.5 Å². The highest BCUT2D eigenvalue weighted by atomic mass is 35.5. The number of nitrogens with one attached hydrogen (secondary N) is 1. The lowest BCUT2D eigenvalue weighted by molar-refractivity contribution is 0.228. The summed E-state index contributed by atoms with van der Waals surface area (Å²) in [6, 6.07) is 4.34. The van der Waals surface area contributed by atoms with Gasteiger partial charge in [0, 0.05) is 18.8 Å². The monoisotopic (exact) mass is 306 g/mol. The number of halogens is 1. The van der Waals surface area contributed by atoms with Crippen molar-refractivity contribution in [2.75, 3.05) is 18.9 Å². The number of nitrogens with two attached hydrogens (primary N) is 1. The molecule has 1 unspecified atom stereocenters. The first kappa shape index (κ1) is 16.2. The van der Waals surface area contributed by atoms with Gasteiger partial charge in [0.25, 0.3) is 0 Å². The van der Waals surface area contributed by atoms with Crippen LogP contribution in [0.1, 0.15) is 19.8 Å². The molecule has 0 spiro atoms. The molecule has 19 heavy (non-hydrogen) atoms. The minimum Gasteiger partial charge on any atom is -0.399 e. The lowest BCUT2D eigenvalue weighted by Crippen LogP contribution is -2.25. The third kappa shape index (κ3) is 4.99. The summed E-state index contributed by atoms with van der Waals surface area (Å²) < 4.78 is 26.5. The molecule has 0 aliphatic heterocycles. The zero-order chi connectivity index (χ0) is 14.5. The first-order valence-electron chi connectivity index (χ1n) is 6.02. The Balaban J connectivity index is 2.64. The summed E-state index contributed by atoms with van der Waals surface area (Å²) in [5, 5.41) is 9.01. The van der Waals surface area contributed by atoms with Gasteiger partial charge in [-0.3, -0.25) is 0 Å². The average Bonchev–Trinajstić information content (AvgIpc) is 2.37. The van der Waals surface area contributed by atoms with Gasteiger partial charge in [0.15, 0.2) is 0 Å². The first-order chi connectivity index (χ1) is 8.86. The van der Waals surface area contributed by atoms with Crippen molar-refractivity contribution in [3.63, 3.8) is 0 Å². The van der Waals surface area contributed by atoms with E-state index in [2.05, 4.69) is 4.72 Å². The highest BCUT2D eigenvalue weighted by Crippen LogP contribution is 2.23. The molecule has 1 aromatic carbocycles. The quantitative estimate of drug-likeness (QED) is 0.527. The van der Waals surface area contributed by atoms with E-state index in [0.29, 0.717) is 18.7 Å². The SMILES string of the molecule is CC(CO)CCCNS(=O)(=O)c1cc(N)ccc1Cl. The Morgan fingerprint density at radius 2 is 2.16 bits per heavy atom. The van der Waals surface area contributed by atoms with E-state index in [4.69, 9.17) is 22.4 Å². The molecule has 0 bridgehead atoms. The van der Waals surface area contributed by atoms with Gasteiger partial charge < -0.3 is 10.8 Å². The van der Waals surface area contributed by atoms with E-state index in [-0.39, 0.29) is 22.4 Å². The summed E-state index contributed by atoms with van der Waals surface area (Å²) in [4.78, 5) is -0.00984. The normalized spacial score (nSPS) is 13.4. The summed E-state index contributed by atoms with van der Waals surface area (Å²) in [6.45, 7) is 2.31. The Hall–Kier alpha value is -0.820. The van der Waals surface area contributed by atoms with Gasteiger partial charge in [0.2, 0.25) is 10.0 Å². The van der Waals surface area contributed by atoms with Crippen molar-refractivity contribution in [1.29, 1.82) is 0 Å². The van der Waals surface area contributed by atoms with Crippen LogP contribution in [0.5, 0.6) is 0 Å². The van der Waals surface area contributed by atoms with Crippen LogP contribution in [0.4, 0.5) is 5.69 Å². The molecule has 1 aromatic rings. The van der Waals surface area contributed by atoms with Crippen LogP contribution in [0.2, 0.25) is 5.02 Å². The second kappa shape index (κ2) is 7.09. The van der Waals surface area contributed by atoms with Gasteiger partial charge in [0.1, 0.15) is 4.90 Å². The number of hydrogen-bond acceptors (Lipinski definition) is 4. The van der Waals surface area contributed by atoms with Crippen molar-refractivity contribution in [2.24, 2.45) is 5.92 Å². The number of rotatable bonds is 7. The second-order valence-corrected chi connectivity index (χ2v) is 6.66. The van der Waals surface area contributed by atoms with Crippen molar-refractivity contribution in [2.45, 2.75) is 24.7 Å². The van der Waals surface area contributed by atoms with Crippen LogP contribution in [-0.2, 0) is 10.0 Å². The zero-order valence-electron chi connectivity index (χ0n) is 10.8. The fraction of sp³-hybridized carbons (Fsp3) is 0.500. The maximum absolute atomic E-state index is 12.0. The van der Waals surface area contributed by atoms with Gasteiger partial charge in [0.05, 0.1) is 5.02 Å². The van der Waals surface area contributed by atoms with Gasteiger partial charge in [-0.15, -0.1) is 0 Å². The molecule has 0 saturated carbocycles. The van der Waals surface area contributed by atoms with Crippen LogP contribution in [0.25, 0.3) is 0 Å². The van der Waals surface area contributed by atoms with E-state index in [1.165, 1.54) is 12.1 Å². The maximum atomic E-state index is 12.0. The van der Waals surface area contributed by atoms with Gasteiger partial charge >= 0.3 is 0 Å². The Morgan fingerprint density at radius 1 is 1.47 bits per heavy atom. The number of hydrogen-bond donors (Lipinski definition) is 3. The summed E-state index contributed by atoms with van der Waals surface area (Å²) in [6.07, 6.45) is 1.41. The fourth-order valence-electron chi connectivity index (χ4n) is 1.55. The van der Waals surface area contributed by atoms with E-state index in [1.54, 1.807) is 6.07 Å². The lowest BCUT2D eigenvalue weighted by atomic mass is 10.1. The number of aliphatic hydroxyl groups excluding tert-OH is 1. The fourth-order valence-corrected chi connectivity index (χ4v) is 3.16. The molecule has 0 fully saturated rings. The third-order valence-electron chi connectivity index (χ3n) is 2.72. The molecule has 0 aliphatic rings. The largest absolute Gasteiger partial charge is 0.399 e. The molecule has 108 valence electrons. The molecule has 1 atom stereocenters. The summed E-state index contributed by atoms with van der Waals surface area (Å²) in [5.41, 5.74) is 5.90. The Morgan fingerprint density at radius 3 is 2.79 bits per heavy atom. The molecule has 0 heterocycles. The Labute approximate surface area is 118 Å². The van der Waals surface area contributed by atoms with Crippen molar-refractivity contribution >= 4 is 27.3 Å². The predicted octanol–water partition coefficient (Wildman–Crippen LogP) is 1.61. The minimum atomic E-state index is -3.64. The third-order valence-corrected chi connectivity index (χ3v) is 4.66. The van der Waals surface area contributed by atoms with Gasteiger partial charge in [-0.2, -0.15) is 0 Å². The van der Waals surface area contributed by atoms with Crippen molar-refractivity contribution in [3.8, 4) is 0 Å².